The average Bonchev–Trinajstić information content (AvgIpc) is 2.83. The van der Waals surface area contributed by atoms with Crippen LogP contribution in [-0.2, 0) is 6.54 Å². The highest BCUT2D eigenvalue weighted by atomic mass is 16.4. The molecule has 3 rings (SSSR count). The second kappa shape index (κ2) is 5.49. The minimum Gasteiger partial charge on any atom is -0.444 e. The van der Waals surface area contributed by atoms with Gasteiger partial charge in [0.2, 0.25) is 5.89 Å². The minimum absolute atomic E-state index is 0.665. The van der Waals surface area contributed by atoms with Crippen molar-refractivity contribution in [2.75, 3.05) is 13.1 Å². The molecular formula is C16H27N3O. The maximum atomic E-state index is 5.75. The number of rotatable bonds is 3. The summed E-state index contributed by atoms with van der Waals surface area (Å²) < 4.78 is 5.75. The van der Waals surface area contributed by atoms with Crippen LogP contribution < -0.4 is 0 Å². The highest BCUT2D eigenvalue weighted by Crippen LogP contribution is 2.32. The van der Waals surface area contributed by atoms with Gasteiger partial charge >= 0.3 is 0 Å². The first-order valence-electron chi connectivity index (χ1n) is 7.97. The first-order chi connectivity index (χ1) is 9.54. The Bertz CT molecular complexity index is 449. The summed E-state index contributed by atoms with van der Waals surface area (Å²) in [5.41, 5.74) is 1.03. The van der Waals surface area contributed by atoms with Crippen molar-refractivity contribution in [1.29, 1.82) is 0 Å². The lowest BCUT2D eigenvalue weighted by Crippen LogP contribution is -2.43. The Balaban J connectivity index is 1.68. The third kappa shape index (κ3) is 2.63. The van der Waals surface area contributed by atoms with Crippen LogP contribution in [0.25, 0.3) is 0 Å². The maximum Gasteiger partial charge on any atom is 0.208 e. The monoisotopic (exact) mass is 277 g/mol. The van der Waals surface area contributed by atoms with Gasteiger partial charge in [-0.2, -0.15) is 0 Å². The molecule has 4 nitrogen and oxygen atoms in total. The molecule has 2 atom stereocenters. The zero-order valence-corrected chi connectivity index (χ0v) is 13.2. The molecule has 0 saturated carbocycles. The summed E-state index contributed by atoms with van der Waals surface area (Å²) in [6.07, 6.45) is 4.02. The van der Waals surface area contributed by atoms with Gasteiger partial charge in [0.05, 0.1) is 12.2 Å². The standard InChI is InChI=1S/C16H27N3O/c1-11(2)19-14-5-6-15(19)9-18(8-7-14)10-16-17-12(3)13(4)20-16/h11,14-15H,5-10H2,1-4H3. The Kier molecular flexibility index (Phi) is 3.87. The zero-order chi connectivity index (χ0) is 14.3. The molecule has 2 bridgehead atoms. The second-order valence-corrected chi connectivity index (χ2v) is 6.70. The van der Waals surface area contributed by atoms with Crippen molar-refractivity contribution in [3.63, 3.8) is 0 Å². The van der Waals surface area contributed by atoms with Gasteiger partial charge in [0, 0.05) is 31.2 Å². The summed E-state index contributed by atoms with van der Waals surface area (Å²) >= 11 is 0. The predicted octanol–water partition coefficient (Wildman–Crippen LogP) is 2.74. The molecule has 0 amide bonds. The largest absolute Gasteiger partial charge is 0.444 e. The SMILES string of the molecule is Cc1nc(CN2CCC3CCC(C2)N3C(C)C)oc1C. The number of aryl methyl sites for hydroxylation is 2. The maximum absolute atomic E-state index is 5.75. The van der Waals surface area contributed by atoms with Crippen LogP contribution in [0.2, 0.25) is 0 Å². The van der Waals surface area contributed by atoms with Crippen molar-refractivity contribution in [3.05, 3.63) is 17.3 Å². The van der Waals surface area contributed by atoms with Gasteiger partial charge in [-0.25, -0.2) is 4.98 Å². The minimum atomic E-state index is 0.665. The number of aromatic nitrogens is 1. The molecule has 1 aromatic rings. The van der Waals surface area contributed by atoms with E-state index in [1.165, 1.54) is 25.8 Å². The van der Waals surface area contributed by atoms with Gasteiger partial charge in [-0.3, -0.25) is 9.80 Å². The predicted molar refractivity (Wildman–Crippen MR) is 79.7 cm³/mol. The van der Waals surface area contributed by atoms with Gasteiger partial charge in [-0.1, -0.05) is 0 Å². The van der Waals surface area contributed by atoms with Crippen LogP contribution in [0.4, 0.5) is 0 Å². The lowest BCUT2D eigenvalue weighted by atomic mass is 10.1. The summed E-state index contributed by atoms with van der Waals surface area (Å²) in [5, 5.41) is 0. The van der Waals surface area contributed by atoms with Crippen LogP contribution >= 0.6 is 0 Å². The molecule has 0 N–H and O–H groups in total. The molecule has 0 spiro atoms. The van der Waals surface area contributed by atoms with Gasteiger partial charge in [-0.15, -0.1) is 0 Å². The van der Waals surface area contributed by atoms with Gasteiger partial charge in [-0.05, 0) is 47.0 Å². The summed E-state index contributed by atoms with van der Waals surface area (Å²) in [6.45, 7) is 11.9. The summed E-state index contributed by atoms with van der Waals surface area (Å²) in [4.78, 5) is 9.80. The van der Waals surface area contributed by atoms with Crippen LogP contribution in [-0.4, -0.2) is 46.0 Å². The lowest BCUT2D eigenvalue weighted by Gasteiger charge is -2.32. The first kappa shape index (κ1) is 14.1. The molecule has 0 aromatic carbocycles. The Morgan fingerprint density at radius 3 is 2.60 bits per heavy atom. The van der Waals surface area contributed by atoms with Crippen LogP contribution in [0.1, 0.15) is 50.5 Å². The molecule has 1 aromatic heterocycles. The van der Waals surface area contributed by atoms with Crippen molar-refractivity contribution in [3.8, 4) is 0 Å². The number of nitrogens with zero attached hydrogens (tertiary/aromatic N) is 3. The fourth-order valence-electron chi connectivity index (χ4n) is 3.97. The second-order valence-electron chi connectivity index (χ2n) is 6.70. The number of likely N-dealkylation sites (tertiary alicyclic amines) is 1. The van der Waals surface area contributed by atoms with Crippen molar-refractivity contribution in [1.82, 2.24) is 14.8 Å². The molecule has 2 fully saturated rings. The Labute approximate surface area is 122 Å². The molecule has 2 unspecified atom stereocenters. The molecule has 2 saturated heterocycles. The molecule has 0 radical (unpaired) electrons. The summed E-state index contributed by atoms with van der Waals surface area (Å²) in [6, 6.07) is 2.18. The lowest BCUT2D eigenvalue weighted by molar-refractivity contribution is 0.143. The average molecular weight is 277 g/mol. The molecular weight excluding hydrogens is 250 g/mol. The van der Waals surface area contributed by atoms with E-state index in [0.29, 0.717) is 6.04 Å². The van der Waals surface area contributed by atoms with E-state index in [4.69, 9.17) is 4.42 Å². The van der Waals surface area contributed by atoms with Crippen molar-refractivity contribution < 1.29 is 4.42 Å². The normalized spacial score (nSPS) is 28.2. The Morgan fingerprint density at radius 2 is 1.95 bits per heavy atom. The zero-order valence-electron chi connectivity index (χ0n) is 13.2. The van der Waals surface area contributed by atoms with Crippen molar-refractivity contribution >= 4 is 0 Å². The molecule has 3 heterocycles. The summed E-state index contributed by atoms with van der Waals surface area (Å²) in [5.74, 6) is 1.84. The summed E-state index contributed by atoms with van der Waals surface area (Å²) in [7, 11) is 0. The number of hydrogen-bond acceptors (Lipinski definition) is 4. The van der Waals surface area contributed by atoms with E-state index in [-0.39, 0.29) is 0 Å². The van der Waals surface area contributed by atoms with Gasteiger partial charge in [0.25, 0.3) is 0 Å². The van der Waals surface area contributed by atoms with E-state index in [1.807, 2.05) is 13.8 Å². The van der Waals surface area contributed by atoms with Crippen LogP contribution in [0, 0.1) is 13.8 Å². The third-order valence-corrected chi connectivity index (χ3v) is 4.95. The van der Waals surface area contributed by atoms with E-state index in [0.717, 1.165) is 42.5 Å². The van der Waals surface area contributed by atoms with E-state index < -0.39 is 0 Å². The topological polar surface area (TPSA) is 32.5 Å². The van der Waals surface area contributed by atoms with Gasteiger partial charge < -0.3 is 4.42 Å². The fourth-order valence-corrected chi connectivity index (χ4v) is 3.97. The fraction of sp³-hybridized carbons (Fsp3) is 0.812. The molecule has 20 heavy (non-hydrogen) atoms. The molecule has 2 aliphatic rings. The van der Waals surface area contributed by atoms with Crippen LogP contribution in [0.3, 0.4) is 0 Å². The third-order valence-electron chi connectivity index (χ3n) is 4.95. The highest BCUT2D eigenvalue weighted by molar-refractivity contribution is 5.05. The molecule has 2 aliphatic heterocycles. The smallest absolute Gasteiger partial charge is 0.208 e. The Morgan fingerprint density at radius 1 is 1.20 bits per heavy atom. The van der Waals surface area contributed by atoms with Crippen molar-refractivity contribution in [2.24, 2.45) is 0 Å². The Hall–Kier alpha value is -0.870. The number of fused-ring (bicyclic) bond motifs is 2. The van der Waals surface area contributed by atoms with Crippen LogP contribution in [0.15, 0.2) is 4.42 Å². The van der Waals surface area contributed by atoms with Gasteiger partial charge in [0.15, 0.2) is 0 Å². The van der Waals surface area contributed by atoms with E-state index in [2.05, 4.69) is 28.6 Å². The molecule has 4 heteroatoms. The quantitative estimate of drug-likeness (QED) is 0.850. The van der Waals surface area contributed by atoms with Crippen molar-refractivity contribution in [2.45, 2.75) is 71.6 Å². The molecule has 112 valence electrons. The molecule has 0 aliphatic carbocycles. The van der Waals surface area contributed by atoms with E-state index in [9.17, 15) is 0 Å². The highest BCUT2D eigenvalue weighted by Gasteiger charge is 2.38. The van der Waals surface area contributed by atoms with Crippen LogP contribution in [0.5, 0.6) is 0 Å². The number of hydrogen-bond donors (Lipinski definition) is 0. The number of oxazole rings is 1. The van der Waals surface area contributed by atoms with E-state index in [1.54, 1.807) is 0 Å². The first-order valence-corrected chi connectivity index (χ1v) is 7.97. The van der Waals surface area contributed by atoms with Gasteiger partial charge in [0.1, 0.15) is 5.76 Å². The van der Waals surface area contributed by atoms with E-state index >= 15 is 0 Å².